The molecule has 0 saturated heterocycles. The molecular weight excluding hydrogens is 577 g/mol. The number of halogens is 3. The first-order valence-electron chi connectivity index (χ1n) is 15.8. The van der Waals surface area contributed by atoms with Crippen LogP contribution in [-0.2, 0) is 26.3 Å². The highest BCUT2D eigenvalue weighted by Crippen LogP contribution is 2.46. The van der Waals surface area contributed by atoms with Gasteiger partial charge in [0.25, 0.3) is 5.91 Å². The molecule has 10 heteroatoms. The molecule has 2 aliphatic carbocycles. The van der Waals surface area contributed by atoms with E-state index < -0.39 is 17.6 Å². The van der Waals surface area contributed by atoms with Gasteiger partial charge in [0.2, 0.25) is 0 Å². The summed E-state index contributed by atoms with van der Waals surface area (Å²) >= 11 is 0. The molecule has 1 N–H and O–H groups in total. The van der Waals surface area contributed by atoms with Crippen LogP contribution < -0.4 is 10.2 Å². The Morgan fingerprint density at radius 3 is 2.42 bits per heavy atom. The smallest absolute Gasteiger partial charge is 0.320 e. The van der Waals surface area contributed by atoms with E-state index in [9.17, 15) is 18.0 Å². The van der Waals surface area contributed by atoms with E-state index in [1.807, 2.05) is 48.0 Å². The third-order valence-corrected chi connectivity index (χ3v) is 10.0. The van der Waals surface area contributed by atoms with Crippen molar-refractivity contribution >= 4 is 11.7 Å². The van der Waals surface area contributed by atoms with Crippen LogP contribution in [0.25, 0.3) is 11.3 Å². The van der Waals surface area contributed by atoms with Gasteiger partial charge in [0.15, 0.2) is 0 Å². The van der Waals surface area contributed by atoms with Gasteiger partial charge in [0, 0.05) is 36.2 Å². The van der Waals surface area contributed by atoms with Crippen LogP contribution in [0.5, 0.6) is 0 Å². The van der Waals surface area contributed by atoms with Crippen molar-refractivity contribution < 1.29 is 18.0 Å². The molecule has 3 heterocycles. The van der Waals surface area contributed by atoms with Gasteiger partial charge in [-0.05, 0) is 85.9 Å². The number of pyridine rings is 1. The fourth-order valence-corrected chi connectivity index (χ4v) is 7.32. The summed E-state index contributed by atoms with van der Waals surface area (Å²) in [5.74, 6) is 1.05. The molecule has 2 aromatic carbocycles. The Hall–Kier alpha value is -4.05. The molecule has 7 rings (SSSR count). The third kappa shape index (κ3) is 5.65. The van der Waals surface area contributed by atoms with E-state index in [0.717, 1.165) is 61.9 Å². The average Bonchev–Trinajstić information content (AvgIpc) is 3.61. The highest BCUT2D eigenvalue weighted by molar-refractivity contribution is 6.10. The quantitative estimate of drug-likeness (QED) is 0.233. The zero-order valence-electron chi connectivity index (χ0n) is 25.6. The van der Waals surface area contributed by atoms with E-state index in [-0.39, 0.29) is 41.6 Å². The van der Waals surface area contributed by atoms with Crippen molar-refractivity contribution in [1.29, 1.82) is 0 Å². The Labute approximate surface area is 260 Å². The second kappa shape index (κ2) is 11.4. The van der Waals surface area contributed by atoms with Crippen LogP contribution >= 0.6 is 0 Å². The number of benzene rings is 2. The van der Waals surface area contributed by atoms with Crippen molar-refractivity contribution in [3.05, 3.63) is 94.6 Å². The lowest BCUT2D eigenvalue weighted by molar-refractivity contribution is -0.138. The van der Waals surface area contributed by atoms with Gasteiger partial charge in [-0.15, -0.1) is 10.2 Å². The first-order chi connectivity index (χ1) is 21.6. The monoisotopic (exact) mass is 614 g/mol. The van der Waals surface area contributed by atoms with Crippen molar-refractivity contribution in [2.45, 2.75) is 88.5 Å². The van der Waals surface area contributed by atoms with Crippen molar-refractivity contribution in [1.82, 2.24) is 25.1 Å². The maximum absolute atomic E-state index is 14.5. The molecule has 45 heavy (non-hydrogen) atoms. The number of carbonyl (C=O) groups excluding carboxylic acids is 1. The molecule has 1 aliphatic heterocycles. The van der Waals surface area contributed by atoms with Crippen molar-refractivity contribution in [3.63, 3.8) is 0 Å². The van der Waals surface area contributed by atoms with Crippen LogP contribution in [0.4, 0.5) is 19.0 Å². The Balaban J connectivity index is 1.29. The Kier molecular flexibility index (Phi) is 7.50. The van der Waals surface area contributed by atoms with Crippen LogP contribution in [0.2, 0.25) is 0 Å². The highest BCUT2D eigenvalue weighted by atomic mass is 19.4. The number of amides is 1. The van der Waals surface area contributed by atoms with Crippen LogP contribution in [-0.4, -0.2) is 31.2 Å². The van der Waals surface area contributed by atoms with Gasteiger partial charge in [-0.2, -0.15) is 13.2 Å². The summed E-state index contributed by atoms with van der Waals surface area (Å²) in [5.41, 5.74) is 2.31. The summed E-state index contributed by atoms with van der Waals surface area (Å²) in [7, 11) is 1.95. The average molecular weight is 615 g/mol. The number of nitrogens with one attached hydrogen (secondary N) is 1. The van der Waals surface area contributed by atoms with Gasteiger partial charge in [-0.25, -0.2) is 4.98 Å². The van der Waals surface area contributed by atoms with Crippen molar-refractivity contribution in [2.24, 2.45) is 7.05 Å². The van der Waals surface area contributed by atoms with Gasteiger partial charge in [-0.1, -0.05) is 43.2 Å². The number of fused-ring (bicyclic) bond motifs is 1. The standard InChI is InChI=1S/C35H37F3N6O/c1-34(13-8-14-34)39-19-22-15-27-28(29(16-22)35(36,37)38)20-44(33(27)45)31-18-24(17-30(41-31)23-9-4-3-5-10-23)25-11-6-7-12-26(25)32-42-40-21-43(32)2/h3-5,9-10,15-18,21,25-26,39H,6-8,11-14,19-20H2,1-2H3. The fraction of sp³-hybridized carbons (Fsp3) is 0.429. The normalized spacial score (nSPS) is 21.1. The van der Waals surface area contributed by atoms with E-state index in [1.54, 1.807) is 12.4 Å². The SMILES string of the molecule is Cn1cnnc1C1CCCCC1c1cc(-c2ccccc2)nc(N2Cc3c(cc(CNC4(C)CCC4)cc3C(F)(F)F)C2=O)c1. The summed E-state index contributed by atoms with van der Waals surface area (Å²) in [6, 6.07) is 16.5. The summed E-state index contributed by atoms with van der Waals surface area (Å²) in [4.78, 5) is 20.3. The Morgan fingerprint density at radius 2 is 1.76 bits per heavy atom. The molecule has 2 saturated carbocycles. The number of aryl methyl sites for hydroxylation is 1. The highest BCUT2D eigenvalue weighted by Gasteiger charge is 2.42. The largest absolute Gasteiger partial charge is 0.416 e. The summed E-state index contributed by atoms with van der Waals surface area (Å²) in [5, 5.41) is 12.0. The van der Waals surface area contributed by atoms with Gasteiger partial charge in [0.1, 0.15) is 18.0 Å². The van der Waals surface area contributed by atoms with E-state index in [1.165, 1.54) is 11.0 Å². The number of aromatic nitrogens is 4. The Morgan fingerprint density at radius 1 is 1.00 bits per heavy atom. The minimum absolute atomic E-state index is 0.00852. The number of hydrogen-bond acceptors (Lipinski definition) is 5. The predicted molar refractivity (Wildman–Crippen MR) is 166 cm³/mol. The van der Waals surface area contributed by atoms with E-state index >= 15 is 0 Å². The minimum Gasteiger partial charge on any atom is -0.320 e. The number of hydrogen-bond donors (Lipinski definition) is 1. The third-order valence-electron chi connectivity index (χ3n) is 10.0. The molecule has 0 radical (unpaired) electrons. The van der Waals surface area contributed by atoms with Gasteiger partial charge >= 0.3 is 6.18 Å². The lowest BCUT2D eigenvalue weighted by atomic mass is 9.75. The second-order valence-corrected chi connectivity index (χ2v) is 13.1. The van der Waals surface area contributed by atoms with Crippen LogP contribution in [0, 0.1) is 0 Å². The van der Waals surface area contributed by atoms with E-state index in [0.29, 0.717) is 17.1 Å². The van der Waals surface area contributed by atoms with Gasteiger partial charge < -0.3 is 9.88 Å². The molecule has 234 valence electrons. The number of anilines is 1. The molecule has 2 atom stereocenters. The molecule has 0 bridgehead atoms. The maximum atomic E-state index is 14.5. The Bertz CT molecular complexity index is 1730. The molecule has 3 aliphatic rings. The molecule has 2 aromatic heterocycles. The topological polar surface area (TPSA) is 75.9 Å². The molecule has 7 nitrogen and oxygen atoms in total. The maximum Gasteiger partial charge on any atom is 0.416 e. The van der Waals surface area contributed by atoms with Crippen molar-refractivity contribution in [2.75, 3.05) is 4.90 Å². The summed E-state index contributed by atoms with van der Waals surface area (Å²) in [6.45, 7) is 2.18. The molecule has 0 spiro atoms. The minimum atomic E-state index is -4.59. The number of carbonyl (C=O) groups is 1. The number of rotatable bonds is 7. The lowest BCUT2D eigenvalue weighted by Gasteiger charge is -2.39. The molecule has 2 fully saturated rings. The van der Waals surface area contributed by atoms with Crippen LogP contribution in [0.1, 0.15) is 102 Å². The summed E-state index contributed by atoms with van der Waals surface area (Å²) in [6.07, 6.45) is 4.21. The van der Waals surface area contributed by atoms with Crippen LogP contribution in [0.3, 0.4) is 0 Å². The first kappa shape index (κ1) is 29.6. The zero-order valence-corrected chi connectivity index (χ0v) is 25.6. The van der Waals surface area contributed by atoms with Gasteiger partial charge in [-0.3, -0.25) is 9.69 Å². The van der Waals surface area contributed by atoms with Gasteiger partial charge in [0.05, 0.1) is 17.8 Å². The van der Waals surface area contributed by atoms with E-state index in [2.05, 4.69) is 28.5 Å². The lowest BCUT2D eigenvalue weighted by Crippen LogP contribution is -2.47. The molecular formula is C35H37F3N6O. The number of nitrogens with zero attached hydrogens (tertiary/aromatic N) is 5. The zero-order chi connectivity index (χ0) is 31.3. The number of alkyl halides is 3. The second-order valence-electron chi connectivity index (χ2n) is 13.1. The van der Waals surface area contributed by atoms with Crippen LogP contribution in [0.15, 0.2) is 60.9 Å². The molecule has 4 aromatic rings. The first-order valence-corrected chi connectivity index (χ1v) is 15.8. The summed E-state index contributed by atoms with van der Waals surface area (Å²) < 4.78 is 45.3. The molecule has 1 amide bonds. The fourth-order valence-electron chi connectivity index (χ4n) is 7.32. The van der Waals surface area contributed by atoms with Crippen molar-refractivity contribution in [3.8, 4) is 11.3 Å². The van der Waals surface area contributed by atoms with E-state index in [4.69, 9.17) is 4.98 Å². The predicted octanol–water partition coefficient (Wildman–Crippen LogP) is 7.53. The molecule has 2 unspecified atom stereocenters.